The van der Waals surface area contributed by atoms with E-state index >= 15 is 0 Å². The van der Waals surface area contributed by atoms with Crippen molar-refractivity contribution >= 4 is 47.8 Å². The summed E-state index contributed by atoms with van der Waals surface area (Å²) in [7, 11) is 0. The van der Waals surface area contributed by atoms with Gasteiger partial charge in [0.1, 0.15) is 28.7 Å². The summed E-state index contributed by atoms with van der Waals surface area (Å²) in [5, 5.41) is 0. The fourth-order valence-electron chi connectivity index (χ4n) is 11.2. The molecule has 11 rings (SSSR count). The molecule has 8 aromatic rings. The van der Waals surface area contributed by atoms with Crippen LogP contribution in [0.15, 0.2) is 243 Å². The second kappa shape index (κ2) is 36.8. The molecule has 0 heterocycles. The summed E-state index contributed by atoms with van der Waals surface area (Å²) in [5.41, 5.74) is 16.9. The third-order valence-electron chi connectivity index (χ3n) is 17.0. The summed E-state index contributed by atoms with van der Waals surface area (Å²) >= 11 is 0. The first-order chi connectivity index (χ1) is 51.3. The smallest absolute Gasteiger partial charge is 0.338 e. The number of carbonyl (C=O) groups excluding carboxylic acids is 8. The molecule has 0 spiro atoms. The molecule has 0 N–H and O–H groups in total. The monoisotopic (exact) mass is 1460 g/mol. The van der Waals surface area contributed by atoms with Crippen LogP contribution in [0.25, 0.3) is 44.5 Å². The van der Waals surface area contributed by atoms with Crippen LogP contribution in [0.1, 0.15) is 107 Å². The molecule has 0 saturated heterocycles. The lowest BCUT2D eigenvalue weighted by atomic mass is 9.84. The highest BCUT2D eigenvalue weighted by Crippen LogP contribution is 2.43. The topological polar surface area (TPSA) is 210 Å². The van der Waals surface area contributed by atoms with E-state index in [4.69, 9.17) is 37.9 Å². The van der Waals surface area contributed by atoms with Gasteiger partial charge in [0.05, 0.1) is 6.61 Å². The van der Waals surface area contributed by atoms with E-state index in [1.807, 2.05) is 66.7 Å². The van der Waals surface area contributed by atoms with Gasteiger partial charge in [-0.25, -0.2) is 47.1 Å². The molecule has 0 saturated carbocycles. The van der Waals surface area contributed by atoms with Gasteiger partial charge in [-0.05, 0) is 269 Å². The predicted molar refractivity (Wildman–Crippen MR) is 412 cm³/mol. The molecular weight excluding hydrogens is 1370 g/mol. The van der Waals surface area contributed by atoms with Crippen LogP contribution < -0.4 is 33.2 Å². The van der Waals surface area contributed by atoms with Crippen molar-refractivity contribution in [2.45, 2.75) is 113 Å². The number of benzene rings is 8. The first-order valence-electron chi connectivity index (χ1n) is 34.6. The molecule has 108 heavy (non-hydrogen) atoms. The molecule has 0 bridgehead atoms. The van der Waals surface area contributed by atoms with Crippen LogP contribution >= 0.6 is 0 Å². The highest BCUT2D eigenvalue weighted by Gasteiger charge is 2.28. The van der Waals surface area contributed by atoms with E-state index in [2.05, 4.69) is 70.8 Å². The van der Waals surface area contributed by atoms with Crippen molar-refractivity contribution in [3.05, 3.63) is 293 Å². The molecule has 3 aliphatic carbocycles. The molecule has 18 heteroatoms. The zero-order valence-corrected chi connectivity index (χ0v) is 61.9. The van der Waals surface area contributed by atoms with E-state index in [9.17, 15) is 47.1 Å². The lowest BCUT2D eigenvalue weighted by Gasteiger charge is -2.22. The van der Waals surface area contributed by atoms with Crippen LogP contribution in [0, 0.1) is 11.6 Å². The van der Waals surface area contributed by atoms with Crippen LogP contribution in [0.3, 0.4) is 0 Å². The Labute approximate surface area is 627 Å². The quantitative estimate of drug-likeness (QED) is 0.0283. The van der Waals surface area contributed by atoms with Crippen molar-refractivity contribution in [2.24, 2.45) is 0 Å². The summed E-state index contributed by atoms with van der Waals surface area (Å²) in [4.78, 5) is 92.8. The van der Waals surface area contributed by atoms with Gasteiger partial charge in [-0.1, -0.05) is 125 Å². The number of carbonyl (C=O) groups is 8. The highest BCUT2D eigenvalue weighted by atomic mass is 19.1. The number of aryl methyl sites for hydroxylation is 5. The van der Waals surface area contributed by atoms with E-state index in [1.54, 1.807) is 90.1 Å². The van der Waals surface area contributed by atoms with Crippen LogP contribution in [-0.2, 0) is 88.0 Å². The standard InChI is InChI=1S/C26H28O4.C22H18F2O4.C22H20O4.C20H18O4/c1-17(2)25(27)29-14-6-5-7-19-8-12-23-20(15-19)9-10-21-16-22(11-13-24(21)23)30-26(28)18(3)4;1-11(2)21(25)27-17-9-7-13-14-8-10-18(28-22(26)12(3)4)20(24)16(14)6-5-15(13)19(17)23;1-13(2)21(23)25-17-7-9-19-15(11-17)5-6-16-12-18(8-10-20(16)19)26-22(24)14(3)4;1-13(2)19(21)23-17-9-5-15(6-10-17)16-7-11-18(12-8-16)24-20(22)14(3)4/h8,11-13,15-16H,1,3,5-7,9-10,14H2,2,4H3;7-10H,1,3,5-6H2,2,4H3;7-12H,1,3,5-6H2,2,4H3;5-12H,1,3H2,2,4H3. The van der Waals surface area contributed by atoms with Gasteiger partial charge in [-0.2, -0.15) is 0 Å². The average molecular weight is 1460 g/mol. The number of esters is 8. The minimum Gasteiger partial charge on any atom is -0.462 e. The minimum absolute atomic E-state index is 0.154. The number of unbranched alkanes of at least 4 members (excludes halogenated alkanes) is 1. The molecule has 0 aliphatic heterocycles. The van der Waals surface area contributed by atoms with Gasteiger partial charge in [0, 0.05) is 44.6 Å². The van der Waals surface area contributed by atoms with Crippen molar-refractivity contribution < 1.29 is 85.0 Å². The normalized spacial score (nSPS) is 11.4. The highest BCUT2D eigenvalue weighted by molar-refractivity contribution is 5.93. The maximum atomic E-state index is 14.8. The Bertz CT molecular complexity index is 4780. The third kappa shape index (κ3) is 21.5. The Morgan fingerprint density at radius 3 is 0.880 bits per heavy atom. The largest absolute Gasteiger partial charge is 0.462 e. The van der Waals surface area contributed by atoms with Gasteiger partial charge in [0.25, 0.3) is 0 Å². The number of hydrogen-bond donors (Lipinski definition) is 0. The summed E-state index contributed by atoms with van der Waals surface area (Å²) in [5.74, 6) is -3.09. The van der Waals surface area contributed by atoms with Crippen LogP contribution in [-0.4, -0.2) is 54.4 Å². The van der Waals surface area contributed by atoms with Gasteiger partial charge < -0.3 is 37.9 Å². The average Bonchev–Trinajstić information content (AvgIpc) is 0.781. The molecule has 554 valence electrons. The van der Waals surface area contributed by atoms with E-state index in [0.717, 1.165) is 78.3 Å². The van der Waals surface area contributed by atoms with Crippen LogP contribution in [0.4, 0.5) is 8.78 Å². The zero-order valence-electron chi connectivity index (χ0n) is 61.9. The molecule has 3 aliphatic rings. The maximum absolute atomic E-state index is 14.8. The SMILES string of the molecule is C=C(C)C(=O)OCCCCc1ccc2c(c1)CCc1cc(OC(=O)C(=C)C)ccc1-2.C=C(C)C(=O)Oc1ccc(-c2ccc(OC(=O)C(=C)C)cc2)cc1.C=C(C)C(=O)Oc1ccc2c(c1)CCc1cc(OC(=O)C(=C)C)ccc1-2.C=C(C)C(=O)Oc1ccc2c(c1F)CCc1c-2ccc(OC(=O)C(=C)C)c1F. The van der Waals surface area contributed by atoms with Crippen molar-refractivity contribution in [3.63, 3.8) is 0 Å². The Morgan fingerprint density at radius 1 is 0.296 bits per heavy atom. The lowest BCUT2D eigenvalue weighted by molar-refractivity contribution is -0.139. The molecule has 8 aromatic carbocycles. The number of ether oxygens (including phenoxy) is 8. The van der Waals surface area contributed by atoms with E-state index in [-0.39, 0.29) is 41.5 Å². The van der Waals surface area contributed by atoms with Crippen molar-refractivity contribution in [2.75, 3.05) is 6.61 Å². The van der Waals surface area contributed by atoms with Crippen LogP contribution in [0.5, 0.6) is 40.2 Å². The first kappa shape index (κ1) is 81.0. The van der Waals surface area contributed by atoms with E-state index < -0.39 is 53.4 Å². The Hall–Kier alpha value is -12.7. The molecule has 0 fully saturated rings. The second-order valence-electron chi connectivity index (χ2n) is 26.4. The van der Waals surface area contributed by atoms with Crippen molar-refractivity contribution in [1.82, 2.24) is 0 Å². The molecule has 0 unspecified atom stereocenters. The maximum Gasteiger partial charge on any atom is 0.338 e. The summed E-state index contributed by atoms with van der Waals surface area (Å²) in [6.45, 7) is 41.5. The minimum atomic E-state index is -0.718. The molecule has 0 radical (unpaired) electrons. The fourth-order valence-corrected chi connectivity index (χ4v) is 11.2. The predicted octanol–water partition coefficient (Wildman–Crippen LogP) is 18.8. The first-order valence-corrected chi connectivity index (χ1v) is 34.6. The second-order valence-corrected chi connectivity index (χ2v) is 26.4. The van der Waals surface area contributed by atoms with Crippen LogP contribution in [0.2, 0.25) is 0 Å². The number of halogens is 2. The fraction of sp³-hybridized carbons (Fsp3) is 0.200. The van der Waals surface area contributed by atoms with Crippen molar-refractivity contribution in [3.8, 4) is 84.8 Å². The molecular formula is C90H84F2O16. The number of fused-ring (bicyclic) bond motifs is 9. The van der Waals surface area contributed by atoms with E-state index in [1.165, 1.54) is 53.8 Å². The van der Waals surface area contributed by atoms with Gasteiger partial charge in [-0.15, -0.1) is 0 Å². The van der Waals surface area contributed by atoms with Gasteiger partial charge in [0.2, 0.25) is 0 Å². The van der Waals surface area contributed by atoms with Crippen molar-refractivity contribution in [1.29, 1.82) is 0 Å². The van der Waals surface area contributed by atoms with Gasteiger partial charge >= 0.3 is 47.8 Å². The summed E-state index contributed by atoms with van der Waals surface area (Å²) in [6, 6.07) is 43.8. The molecule has 0 amide bonds. The molecule has 0 atom stereocenters. The third-order valence-corrected chi connectivity index (χ3v) is 17.0. The Morgan fingerprint density at radius 2 is 0.565 bits per heavy atom. The lowest BCUT2D eigenvalue weighted by Crippen LogP contribution is -2.14. The van der Waals surface area contributed by atoms with Gasteiger partial charge in [0.15, 0.2) is 23.1 Å². The Kier molecular flexibility index (Phi) is 27.6. The summed E-state index contributed by atoms with van der Waals surface area (Å²) in [6.07, 6.45) is 6.70. The number of rotatable bonds is 21. The van der Waals surface area contributed by atoms with Gasteiger partial charge in [-0.3, -0.25) is 0 Å². The zero-order chi connectivity index (χ0) is 78.8. The number of hydrogen-bond acceptors (Lipinski definition) is 16. The molecule has 0 aromatic heterocycles. The molecule has 16 nitrogen and oxygen atoms in total. The summed E-state index contributed by atoms with van der Waals surface area (Å²) < 4.78 is 71.1. The Balaban J connectivity index is 0.000000182. The van der Waals surface area contributed by atoms with E-state index in [0.29, 0.717) is 91.0 Å².